The average Bonchev–Trinajstić information content (AvgIpc) is 2.17. The Labute approximate surface area is 94.7 Å². The van der Waals surface area contributed by atoms with Gasteiger partial charge in [0.15, 0.2) is 0 Å². The first-order chi connectivity index (χ1) is 7.00. The molecule has 0 heterocycles. The van der Waals surface area contributed by atoms with E-state index in [9.17, 15) is 0 Å². The zero-order valence-electron chi connectivity index (χ0n) is 10.7. The maximum atomic E-state index is 2.31. The number of hydrogen-bond donors (Lipinski definition) is 0. The Hall–Kier alpha value is -0.780. The van der Waals surface area contributed by atoms with Crippen LogP contribution in [0.4, 0.5) is 0 Å². The van der Waals surface area contributed by atoms with Crippen LogP contribution in [0.2, 0.25) is 0 Å². The van der Waals surface area contributed by atoms with Crippen molar-refractivity contribution in [1.82, 2.24) is 0 Å². The van der Waals surface area contributed by atoms with Gasteiger partial charge in [-0.25, -0.2) is 0 Å². The third-order valence-electron chi connectivity index (χ3n) is 3.15. The van der Waals surface area contributed by atoms with Gasteiger partial charge in [0.2, 0.25) is 0 Å². The normalized spacial score (nSPS) is 13.5. The van der Waals surface area contributed by atoms with Gasteiger partial charge in [-0.15, -0.1) is 0 Å². The van der Waals surface area contributed by atoms with Crippen LogP contribution in [0.15, 0.2) is 24.3 Å². The van der Waals surface area contributed by atoms with Gasteiger partial charge in [0.1, 0.15) is 0 Å². The number of rotatable bonds is 4. The van der Waals surface area contributed by atoms with Crippen LogP contribution in [0.3, 0.4) is 0 Å². The molecule has 0 radical (unpaired) electrons. The topological polar surface area (TPSA) is 0 Å². The predicted molar refractivity (Wildman–Crippen MR) is 68.2 cm³/mol. The Kier molecular flexibility index (Phi) is 4.38. The summed E-state index contributed by atoms with van der Waals surface area (Å²) in [5.41, 5.74) is 2.93. The van der Waals surface area contributed by atoms with Gasteiger partial charge in [-0.3, -0.25) is 0 Å². The van der Waals surface area contributed by atoms with E-state index in [-0.39, 0.29) is 0 Å². The van der Waals surface area contributed by atoms with E-state index in [0.717, 1.165) is 11.8 Å². The lowest BCUT2D eigenvalue weighted by Crippen LogP contribution is -2.02. The van der Waals surface area contributed by atoms with Crippen molar-refractivity contribution in [3.05, 3.63) is 35.4 Å². The summed E-state index contributed by atoms with van der Waals surface area (Å²) in [7, 11) is 0. The molecule has 0 aliphatic carbocycles. The summed E-state index contributed by atoms with van der Waals surface area (Å²) in [4.78, 5) is 0. The van der Waals surface area contributed by atoms with Crippen molar-refractivity contribution in [1.29, 1.82) is 0 Å². The SMILES string of the molecule is CC(C)Cc1ccc([C@H](C)C(C)C)cc1. The molecule has 0 spiro atoms. The average molecular weight is 204 g/mol. The molecule has 1 aromatic carbocycles. The van der Waals surface area contributed by atoms with E-state index in [2.05, 4.69) is 58.9 Å². The third kappa shape index (κ3) is 3.70. The lowest BCUT2D eigenvalue weighted by atomic mass is 9.89. The van der Waals surface area contributed by atoms with Crippen molar-refractivity contribution in [2.45, 2.75) is 47.0 Å². The lowest BCUT2D eigenvalue weighted by Gasteiger charge is -2.16. The monoisotopic (exact) mass is 204 g/mol. The van der Waals surface area contributed by atoms with Gasteiger partial charge in [-0.05, 0) is 35.3 Å². The van der Waals surface area contributed by atoms with E-state index in [4.69, 9.17) is 0 Å². The molecule has 15 heavy (non-hydrogen) atoms. The fraction of sp³-hybridized carbons (Fsp3) is 0.600. The summed E-state index contributed by atoms with van der Waals surface area (Å²) in [6.45, 7) is 11.4. The number of benzene rings is 1. The first kappa shape index (κ1) is 12.3. The molecule has 84 valence electrons. The van der Waals surface area contributed by atoms with Crippen LogP contribution in [-0.4, -0.2) is 0 Å². The minimum Gasteiger partial charge on any atom is -0.0625 e. The van der Waals surface area contributed by atoms with E-state index in [1.807, 2.05) is 0 Å². The molecule has 0 bridgehead atoms. The molecular formula is C15H24. The second-order valence-electron chi connectivity index (χ2n) is 5.37. The van der Waals surface area contributed by atoms with E-state index < -0.39 is 0 Å². The summed E-state index contributed by atoms with van der Waals surface area (Å²) in [5, 5.41) is 0. The van der Waals surface area contributed by atoms with E-state index in [0.29, 0.717) is 5.92 Å². The Bertz CT molecular complexity index is 279. The van der Waals surface area contributed by atoms with Crippen LogP contribution < -0.4 is 0 Å². The number of hydrogen-bond acceptors (Lipinski definition) is 0. The van der Waals surface area contributed by atoms with Gasteiger partial charge >= 0.3 is 0 Å². The Morgan fingerprint density at radius 3 is 1.80 bits per heavy atom. The quantitative estimate of drug-likeness (QED) is 0.670. The molecule has 0 fully saturated rings. The zero-order chi connectivity index (χ0) is 11.4. The molecule has 0 unspecified atom stereocenters. The van der Waals surface area contributed by atoms with Gasteiger partial charge in [0, 0.05) is 0 Å². The van der Waals surface area contributed by atoms with Gasteiger partial charge in [0.25, 0.3) is 0 Å². The molecule has 0 amide bonds. The predicted octanol–water partition coefficient (Wildman–Crippen LogP) is 4.64. The third-order valence-corrected chi connectivity index (χ3v) is 3.15. The highest BCUT2D eigenvalue weighted by molar-refractivity contribution is 5.25. The first-order valence-corrected chi connectivity index (χ1v) is 6.09. The van der Waals surface area contributed by atoms with Gasteiger partial charge in [-0.2, -0.15) is 0 Å². The van der Waals surface area contributed by atoms with Crippen LogP contribution in [-0.2, 0) is 6.42 Å². The van der Waals surface area contributed by atoms with Crippen molar-refractivity contribution in [2.75, 3.05) is 0 Å². The Morgan fingerprint density at radius 1 is 0.867 bits per heavy atom. The molecule has 1 aromatic rings. The fourth-order valence-electron chi connectivity index (χ4n) is 1.81. The maximum Gasteiger partial charge on any atom is -0.0167 e. The van der Waals surface area contributed by atoms with Crippen LogP contribution in [0.1, 0.15) is 51.7 Å². The zero-order valence-corrected chi connectivity index (χ0v) is 10.7. The standard InChI is InChI=1S/C15H24/c1-11(2)10-14-6-8-15(9-7-14)13(5)12(3)4/h6-9,11-13H,10H2,1-5H3/t13-/m1/s1. The van der Waals surface area contributed by atoms with Gasteiger partial charge in [-0.1, -0.05) is 58.9 Å². The molecule has 0 heteroatoms. The lowest BCUT2D eigenvalue weighted by molar-refractivity contribution is 0.535. The van der Waals surface area contributed by atoms with Crippen molar-refractivity contribution >= 4 is 0 Å². The van der Waals surface area contributed by atoms with Crippen molar-refractivity contribution in [3.63, 3.8) is 0 Å². The molecule has 0 saturated heterocycles. The van der Waals surface area contributed by atoms with Crippen LogP contribution >= 0.6 is 0 Å². The summed E-state index contributed by atoms with van der Waals surface area (Å²) >= 11 is 0. The van der Waals surface area contributed by atoms with Gasteiger partial charge < -0.3 is 0 Å². The summed E-state index contributed by atoms with van der Waals surface area (Å²) in [5.74, 6) is 2.14. The molecule has 0 aromatic heterocycles. The summed E-state index contributed by atoms with van der Waals surface area (Å²) < 4.78 is 0. The second-order valence-corrected chi connectivity index (χ2v) is 5.37. The van der Waals surface area contributed by atoms with Crippen LogP contribution in [0.25, 0.3) is 0 Å². The van der Waals surface area contributed by atoms with Crippen molar-refractivity contribution in [3.8, 4) is 0 Å². The Morgan fingerprint density at radius 2 is 1.40 bits per heavy atom. The summed E-state index contributed by atoms with van der Waals surface area (Å²) in [6, 6.07) is 9.16. The Balaban J connectivity index is 2.72. The van der Waals surface area contributed by atoms with Crippen LogP contribution in [0.5, 0.6) is 0 Å². The summed E-state index contributed by atoms with van der Waals surface area (Å²) in [6.07, 6.45) is 1.19. The molecule has 1 rings (SSSR count). The molecular weight excluding hydrogens is 180 g/mol. The van der Waals surface area contributed by atoms with Crippen molar-refractivity contribution in [2.24, 2.45) is 11.8 Å². The van der Waals surface area contributed by atoms with E-state index >= 15 is 0 Å². The van der Waals surface area contributed by atoms with Crippen molar-refractivity contribution < 1.29 is 0 Å². The minimum atomic E-state index is 0.665. The maximum absolute atomic E-state index is 2.31. The first-order valence-electron chi connectivity index (χ1n) is 6.09. The second kappa shape index (κ2) is 5.34. The van der Waals surface area contributed by atoms with Crippen LogP contribution in [0, 0.1) is 11.8 Å². The minimum absolute atomic E-state index is 0.665. The van der Waals surface area contributed by atoms with Gasteiger partial charge in [0.05, 0.1) is 0 Å². The van der Waals surface area contributed by atoms with E-state index in [1.165, 1.54) is 17.5 Å². The van der Waals surface area contributed by atoms with E-state index in [1.54, 1.807) is 0 Å². The molecule has 0 nitrogen and oxygen atoms in total. The molecule has 1 atom stereocenters. The highest BCUT2D eigenvalue weighted by Gasteiger charge is 2.09. The molecule has 0 N–H and O–H groups in total. The smallest absolute Gasteiger partial charge is 0.0167 e. The highest BCUT2D eigenvalue weighted by atomic mass is 14.1. The molecule has 0 aliphatic rings. The largest absolute Gasteiger partial charge is 0.0625 e. The fourth-order valence-corrected chi connectivity index (χ4v) is 1.81. The highest BCUT2D eigenvalue weighted by Crippen LogP contribution is 2.24. The molecule has 0 saturated carbocycles. The molecule has 0 aliphatic heterocycles.